The standard InChI is InChI=1S/C29H31Cl4N3O4S/c1-4-19(3)34-29(38)27(5-2)35(17-20-9-10-23(32)16-26(20)33)28(37)18-36(24-8-6-7-22(31)15-24)41(39,40)25-13-11-21(30)12-14-25/h6-16,19,27H,4-5,17-18H2,1-3H3,(H,34,38)/t19-,27-/m0/s1. The summed E-state index contributed by atoms with van der Waals surface area (Å²) in [6.45, 7) is 4.93. The van der Waals surface area contributed by atoms with Crippen LogP contribution in [0.15, 0.2) is 71.6 Å². The predicted octanol–water partition coefficient (Wildman–Crippen LogP) is 7.22. The van der Waals surface area contributed by atoms with E-state index in [1.165, 1.54) is 35.2 Å². The molecule has 0 aliphatic rings. The third-order valence-electron chi connectivity index (χ3n) is 6.52. The zero-order valence-electron chi connectivity index (χ0n) is 22.8. The number of hydrogen-bond donors (Lipinski definition) is 1. The molecule has 0 radical (unpaired) electrons. The molecule has 0 saturated heterocycles. The van der Waals surface area contributed by atoms with Gasteiger partial charge in [-0.25, -0.2) is 8.42 Å². The summed E-state index contributed by atoms with van der Waals surface area (Å²) >= 11 is 24.7. The fourth-order valence-corrected chi connectivity index (χ4v) is 6.27. The first-order chi connectivity index (χ1) is 19.4. The van der Waals surface area contributed by atoms with Gasteiger partial charge in [0.15, 0.2) is 0 Å². The summed E-state index contributed by atoms with van der Waals surface area (Å²) in [5, 5.41) is 4.31. The lowest BCUT2D eigenvalue weighted by Gasteiger charge is -2.34. The highest BCUT2D eigenvalue weighted by Gasteiger charge is 2.34. The topological polar surface area (TPSA) is 86.8 Å². The Balaban J connectivity index is 2.08. The predicted molar refractivity (Wildman–Crippen MR) is 166 cm³/mol. The molecule has 0 spiro atoms. The van der Waals surface area contributed by atoms with Crippen molar-refractivity contribution < 1.29 is 18.0 Å². The lowest BCUT2D eigenvalue weighted by atomic mass is 10.1. The molecule has 220 valence electrons. The Hall–Kier alpha value is -2.49. The SMILES string of the molecule is CC[C@H](C)NC(=O)[C@H](CC)N(Cc1ccc(Cl)cc1Cl)C(=O)CN(c1cccc(Cl)c1)S(=O)(=O)c1ccc(Cl)cc1. The minimum atomic E-state index is -4.25. The van der Waals surface area contributed by atoms with Crippen LogP contribution < -0.4 is 9.62 Å². The van der Waals surface area contributed by atoms with E-state index in [0.29, 0.717) is 27.1 Å². The van der Waals surface area contributed by atoms with Gasteiger partial charge in [-0.15, -0.1) is 0 Å². The van der Waals surface area contributed by atoms with Gasteiger partial charge < -0.3 is 10.2 Å². The molecule has 41 heavy (non-hydrogen) atoms. The lowest BCUT2D eigenvalue weighted by molar-refractivity contribution is -0.140. The maximum Gasteiger partial charge on any atom is 0.264 e. The molecule has 2 amide bonds. The molecule has 12 heteroatoms. The van der Waals surface area contributed by atoms with Crippen LogP contribution in [0.25, 0.3) is 0 Å². The van der Waals surface area contributed by atoms with Crippen LogP contribution in [0.2, 0.25) is 20.1 Å². The van der Waals surface area contributed by atoms with Crippen molar-refractivity contribution in [2.75, 3.05) is 10.8 Å². The van der Waals surface area contributed by atoms with E-state index in [-0.39, 0.29) is 40.5 Å². The van der Waals surface area contributed by atoms with Gasteiger partial charge >= 0.3 is 0 Å². The van der Waals surface area contributed by atoms with Crippen molar-refractivity contribution in [3.8, 4) is 0 Å². The number of nitrogens with one attached hydrogen (secondary N) is 1. The highest BCUT2D eigenvalue weighted by molar-refractivity contribution is 7.92. The summed E-state index contributed by atoms with van der Waals surface area (Å²) in [6.07, 6.45) is 0.974. The van der Waals surface area contributed by atoms with E-state index in [1.807, 2.05) is 13.8 Å². The van der Waals surface area contributed by atoms with Crippen LogP contribution in [0, 0.1) is 0 Å². The first-order valence-corrected chi connectivity index (χ1v) is 15.9. The Morgan fingerprint density at radius 1 is 0.854 bits per heavy atom. The summed E-state index contributed by atoms with van der Waals surface area (Å²) in [6, 6.07) is 15.6. The third kappa shape index (κ3) is 8.52. The third-order valence-corrected chi connectivity index (χ3v) is 9.38. The molecule has 0 aliphatic carbocycles. The number of hydrogen-bond acceptors (Lipinski definition) is 4. The number of anilines is 1. The molecule has 1 N–H and O–H groups in total. The van der Waals surface area contributed by atoms with E-state index in [2.05, 4.69) is 5.32 Å². The number of benzene rings is 3. The van der Waals surface area contributed by atoms with Gasteiger partial charge in [0.25, 0.3) is 10.0 Å². The van der Waals surface area contributed by atoms with Crippen LogP contribution >= 0.6 is 46.4 Å². The number of nitrogens with zero attached hydrogens (tertiary/aromatic N) is 2. The molecule has 3 rings (SSSR count). The maximum absolute atomic E-state index is 14.1. The molecule has 0 aliphatic heterocycles. The quantitative estimate of drug-likeness (QED) is 0.223. The molecular formula is C29H31Cl4N3O4S. The molecule has 3 aromatic carbocycles. The van der Waals surface area contributed by atoms with Crippen LogP contribution in [0.1, 0.15) is 39.2 Å². The van der Waals surface area contributed by atoms with E-state index in [0.717, 1.165) is 4.31 Å². The van der Waals surface area contributed by atoms with Gasteiger partial charge in [0.2, 0.25) is 11.8 Å². The molecule has 0 bridgehead atoms. The van der Waals surface area contributed by atoms with Gasteiger partial charge in [-0.2, -0.15) is 0 Å². The molecule has 0 fully saturated rings. The second-order valence-electron chi connectivity index (χ2n) is 9.44. The number of carbonyl (C=O) groups excluding carboxylic acids is 2. The highest BCUT2D eigenvalue weighted by atomic mass is 35.5. The number of amides is 2. The highest BCUT2D eigenvalue weighted by Crippen LogP contribution is 2.29. The van der Waals surface area contributed by atoms with Crippen LogP contribution in [-0.4, -0.2) is 43.8 Å². The number of rotatable bonds is 12. The summed E-state index contributed by atoms with van der Waals surface area (Å²) < 4.78 is 28.7. The van der Waals surface area contributed by atoms with E-state index in [1.54, 1.807) is 43.3 Å². The fraction of sp³-hybridized carbons (Fsp3) is 0.310. The normalized spacial score (nSPS) is 12.9. The molecule has 2 atom stereocenters. The largest absolute Gasteiger partial charge is 0.352 e. The van der Waals surface area contributed by atoms with E-state index < -0.39 is 28.5 Å². The molecule has 0 heterocycles. The second kappa shape index (κ2) is 14.6. The lowest BCUT2D eigenvalue weighted by Crippen LogP contribution is -2.53. The van der Waals surface area contributed by atoms with Crippen molar-refractivity contribution in [2.24, 2.45) is 0 Å². The Morgan fingerprint density at radius 2 is 1.49 bits per heavy atom. The van der Waals surface area contributed by atoms with Crippen molar-refractivity contribution in [3.63, 3.8) is 0 Å². The number of sulfonamides is 1. The van der Waals surface area contributed by atoms with Gasteiger partial charge in [-0.05, 0) is 79.9 Å². The van der Waals surface area contributed by atoms with Gasteiger partial charge in [0.05, 0.1) is 10.6 Å². The van der Waals surface area contributed by atoms with E-state index >= 15 is 0 Å². The Morgan fingerprint density at radius 3 is 2.07 bits per heavy atom. The Labute approximate surface area is 261 Å². The molecule has 7 nitrogen and oxygen atoms in total. The average molecular weight is 659 g/mol. The van der Waals surface area contributed by atoms with Gasteiger partial charge in [0, 0.05) is 32.7 Å². The molecular weight excluding hydrogens is 628 g/mol. The van der Waals surface area contributed by atoms with Crippen molar-refractivity contribution in [3.05, 3.63) is 92.4 Å². The van der Waals surface area contributed by atoms with Crippen LogP contribution in [-0.2, 0) is 26.2 Å². The number of carbonyl (C=O) groups is 2. The van der Waals surface area contributed by atoms with Gasteiger partial charge in [-0.3, -0.25) is 13.9 Å². The van der Waals surface area contributed by atoms with Crippen molar-refractivity contribution in [1.82, 2.24) is 10.2 Å². The monoisotopic (exact) mass is 657 g/mol. The summed E-state index contributed by atoms with van der Waals surface area (Å²) in [5.74, 6) is -0.963. The van der Waals surface area contributed by atoms with Gasteiger partial charge in [-0.1, -0.05) is 72.4 Å². The van der Waals surface area contributed by atoms with Crippen LogP contribution in [0.4, 0.5) is 5.69 Å². The second-order valence-corrected chi connectivity index (χ2v) is 13.0. The first-order valence-electron chi connectivity index (χ1n) is 12.9. The number of halogens is 4. The average Bonchev–Trinajstić information content (AvgIpc) is 2.92. The van der Waals surface area contributed by atoms with Crippen molar-refractivity contribution in [1.29, 1.82) is 0 Å². The smallest absolute Gasteiger partial charge is 0.264 e. The Bertz CT molecular complexity index is 1490. The minimum Gasteiger partial charge on any atom is -0.352 e. The molecule has 3 aromatic rings. The molecule has 0 aromatic heterocycles. The Kier molecular flexibility index (Phi) is 11.8. The summed E-state index contributed by atoms with van der Waals surface area (Å²) in [4.78, 5) is 28.7. The zero-order chi connectivity index (χ0) is 30.3. The maximum atomic E-state index is 14.1. The van der Waals surface area contributed by atoms with Gasteiger partial charge in [0.1, 0.15) is 12.6 Å². The van der Waals surface area contributed by atoms with Crippen molar-refractivity contribution >= 4 is 73.9 Å². The zero-order valence-corrected chi connectivity index (χ0v) is 26.6. The molecule has 0 saturated carbocycles. The summed E-state index contributed by atoms with van der Waals surface area (Å²) in [7, 11) is -4.25. The minimum absolute atomic E-state index is 0.0500. The van der Waals surface area contributed by atoms with Crippen LogP contribution in [0.5, 0.6) is 0 Å². The van der Waals surface area contributed by atoms with Crippen LogP contribution in [0.3, 0.4) is 0 Å². The van der Waals surface area contributed by atoms with E-state index in [4.69, 9.17) is 46.4 Å². The molecule has 0 unspecified atom stereocenters. The van der Waals surface area contributed by atoms with E-state index in [9.17, 15) is 18.0 Å². The van der Waals surface area contributed by atoms with Crippen molar-refractivity contribution in [2.45, 2.75) is 57.1 Å². The summed E-state index contributed by atoms with van der Waals surface area (Å²) in [5.41, 5.74) is 0.733. The first kappa shape index (κ1) is 33.0. The fourth-order valence-electron chi connectivity index (χ4n) is 4.09.